The van der Waals surface area contributed by atoms with Crippen LogP contribution in [0, 0.1) is 0 Å². The van der Waals surface area contributed by atoms with Crippen molar-refractivity contribution in [3.8, 4) is 77.9 Å². The van der Waals surface area contributed by atoms with E-state index in [0.717, 1.165) is 76.9 Å². The molecule has 0 saturated carbocycles. The van der Waals surface area contributed by atoms with Gasteiger partial charge in [0.05, 0.1) is 0 Å². The van der Waals surface area contributed by atoms with Crippen molar-refractivity contribution in [3.05, 3.63) is 352 Å². The van der Waals surface area contributed by atoms with Gasteiger partial charge >= 0.3 is 0 Å². The number of furan rings is 2. The average molecular weight is 1400 g/mol. The summed E-state index contributed by atoms with van der Waals surface area (Å²) in [5.41, 5.74) is 20.3. The molecule has 0 radical (unpaired) electrons. The fourth-order valence-electron chi connectivity index (χ4n) is 18.7. The summed E-state index contributed by atoms with van der Waals surface area (Å²) in [6.45, 7) is 0. The van der Waals surface area contributed by atoms with Crippen molar-refractivity contribution in [3.63, 3.8) is 0 Å². The molecule has 0 spiro atoms. The van der Waals surface area contributed by atoms with Crippen LogP contribution < -0.4 is 0 Å². The highest BCUT2D eigenvalue weighted by Gasteiger charge is 2.28. The van der Waals surface area contributed by atoms with Crippen LogP contribution in [-0.4, -0.2) is 0 Å². The largest absolute Gasteiger partial charge is 0.455 e. The smallest absolute Gasteiger partial charge is 0.144 e. The zero-order valence-corrected chi connectivity index (χ0v) is 59.8. The van der Waals surface area contributed by atoms with E-state index in [1.807, 2.05) is 22.7 Å². The molecular weight excluding hydrogens is 1350 g/mol. The van der Waals surface area contributed by atoms with Crippen molar-refractivity contribution < 1.29 is 8.83 Å². The fraction of sp³-hybridized carbons (Fsp3) is 0. The van der Waals surface area contributed by atoms with Gasteiger partial charge in [-0.1, -0.05) is 303 Å². The first-order chi connectivity index (χ1) is 53.6. The van der Waals surface area contributed by atoms with Gasteiger partial charge in [-0.2, -0.15) is 0 Å². The lowest BCUT2D eigenvalue weighted by molar-refractivity contribution is 0.671. The molecule has 0 bridgehead atoms. The first kappa shape index (κ1) is 59.9. The fourth-order valence-corrected chi connectivity index (χ4v) is 21.1. The van der Waals surface area contributed by atoms with E-state index in [9.17, 15) is 0 Å². The van der Waals surface area contributed by atoms with Gasteiger partial charge in [0.15, 0.2) is 0 Å². The predicted octanol–water partition coefficient (Wildman–Crippen LogP) is 31.1. The minimum absolute atomic E-state index is 0.885. The SMILES string of the molecule is c1ccc(-c2c3ccccc3c(-c3ccc(-c4cc5sc6ccc(-c7ccc(-c8c9ccccc9c(-c9ccc(-c%10c%11oc%12c%13ccccc%13ccc%12c%11cc%11c%10sc%10ccccc%10%11)c%10ccccc9%10)c9ccccc89)cc7)cc6c5c5c4oc4cc6ccccc6cc45)c4ccccc34)c3ccccc23)cc1. The van der Waals surface area contributed by atoms with E-state index in [0.29, 0.717) is 0 Å². The van der Waals surface area contributed by atoms with E-state index >= 15 is 0 Å². The summed E-state index contributed by atoms with van der Waals surface area (Å²) in [5, 5.41) is 28.8. The van der Waals surface area contributed by atoms with Gasteiger partial charge in [-0.3, -0.25) is 0 Å². The molecular formula is C104H58O2S2. The first-order valence-corrected chi connectivity index (χ1v) is 38.7. The van der Waals surface area contributed by atoms with Crippen LogP contribution >= 0.6 is 22.7 Å². The topological polar surface area (TPSA) is 26.3 Å². The molecule has 0 aliphatic heterocycles. The van der Waals surface area contributed by atoms with E-state index < -0.39 is 0 Å². The molecule has 0 N–H and O–H groups in total. The van der Waals surface area contributed by atoms with Gasteiger partial charge in [-0.25, -0.2) is 0 Å². The molecule has 0 amide bonds. The van der Waals surface area contributed by atoms with E-state index in [1.165, 1.54) is 171 Å². The summed E-state index contributed by atoms with van der Waals surface area (Å²) in [6.07, 6.45) is 0. The predicted molar refractivity (Wildman–Crippen MR) is 465 cm³/mol. The highest BCUT2D eigenvalue weighted by atomic mass is 32.1. The molecule has 108 heavy (non-hydrogen) atoms. The van der Waals surface area contributed by atoms with E-state index in [1.54, 1.807) is 0 Å². The Labute approximate surface area is 627 Å². The van der Waals surface area contributed by atoms with Crippen molar-refractivity contribution >= 4 is 193 Å². The number of fused-ring (bicyclic) bond motifs is 22. The van der Waals surface area contributed by atoms with Crippen molar-refractivity contribution in [2.75, 3.05) is 0 Å². The Morgan fingerprint density at radius 3 is 1.23 bits per heavy atom. The van der Waals surface area contributed by atoms with Crippen molar-refractivity contribution in [1.82, 2.24) is 0 Å². The van der Waals surface area contributed by atoms with Gasteiger partial charge in [-0.15, -0.1) is 22.7 Å². The van der Waals surface area contributed by atoms with Crippen molar-refractivity contribution in [1.29, 1.82) is 0 Å². The van der Waals surface area contributed by atoms with E-state index in [4.69, 9.17) is 8.83 Å². The maximum atomic E-state index is 7.37. The summed E-state index contributed by atoms with van der Waals surface area (Å²) >= 11 is 3.73. The molecule has 2 nitrogen and oxygen atoms in total. The lowest BCUT2D eigenvalue weighted by Gasteiger charge is -2.20. The molecule has 498 valence electrons. The lowest BCUT2D eigenvalue weighted by atomic mass is 9.83. The van der Waals surface area contributed by atoms with Gasteiger partial charge in [0.2, 0.25) is 0 Å². The standard InChI is InChI=1S/C104H58O2S2/c1-2-23-61(24-3-1)94-73-33-12-16-37-77(73)96(78-38-17-13-34-74(78)94)81-50-49-71(67-28-8-9-29-68(67)81)86-58-93-98(99-88-54-63-25-4-5-26-64(63)56-90(88)105-102(86)99)89-55-65(47-53-92(89)107-93)59-42-44-62(45-43-59)95-75-35-14-18-39-79(75)97(80-40-19-15-36-76(80)95)82-51-52-83(70-31-11-10-30-69(70)82)100-103-85(57-87-72-32-20-21-41-91(72)108-104(87)100)84-48-46-60-22-6-7-27-66(60)101(84)106-103/h1-58H. The number of thiophene rings is 2. The summed E-state index contributed by atoms with van der Waals surface area (Å²) in [7, 11) is 0. The van der Waals surface area contributed by atoms with Gasteiger partial charge in [0.1, 0.15) is 22.3 Å². The summed E-state index contributed by atoms with van der Waals surface area (Å²) in [4.78, 5) is 0. The summed E-state index contributed by atoms with van der Waals surface area (Å²) < 4.78 is 19.6. The second-order valence-corrected chi connectivity index (χ2v) is 31.2. The molecule has 0 saturated heterocycles. The minimum atomic E-state index is 0.885. The van der Waals surface area contributed by atoms with Crippen LogP contribution in [0.1, 0.15) is 0 Å². The van der Waals surface area contributed by atoms with Crippen LogP contribution in [0.25, 0.3) is 248 Å². The number of benzene rings is 20. The van der Waals surface area contributed by atoms with Crippen LogP contribution in [0.5, 0.6) is 0 Å². The zero-order chi connectivity index (χ0) is 70.4. The quantitative estimate of drug-likeness (QED) is 0.149. The molecule has 0 fully saturated rings. The maximum Gasteiger partial charge on any atom is 0.144 e. The van der Waals surface area contributed by atoms with Crippen molar-refractivity contribution in [2.24, 2.45) is 0 Å². The van der Waals surface area contributed by atoms with Crippen LogP contribution in [0.2, 0.25) is 0 Å². The third-order valence-corrected chi connectivity index (χ3v) is 25.7. The van der Waals surface area contributed by atoms with Gasteiger partial charge in [0, 0.05) is 78.4 Å². The maximum absolute atomic E-state index is 7.37. The second-order valence-electron chi connectivity index (χ2n) is 29.0. The molecule has 20 aromatic carbocycles. The molecule has 0 aliphatic rings. The third kappa shape index (κ3) is 8.64. The van der Waals surface area contributed by atoms with E-state index in [-0.39, 0.29) is 0 Å². The Balaban J connectivity index is 0.648. The van der Waals surface area contributed by atoms with Crippen LogP contribution in [0.3, 0.4) is 0 Å². The Morgan fingerprint density at radius 2 is 0.630 bits per heavy atom. The Hall–Kier alpha value is -13.5. The van der Waals surface area contributed by atoms with Gasteiger partial charge < -0.3 is 8.83 Å². The monoisotopic (exact) mass is 1400 g/mol. The Morgan fingerprint density at radius 1 is 0.176 bits per heavy atom. The van der Waals surface area contributed by atoms with Crippen LogP contribution in [-0.2, 0) is 0 Å². The lowest BCUT2D eigenvalue weighted by Crippen LogP contribution is -1.93. The Kier molecular flexibility index (Phi) is 12.8. The summed E-state index contributed by atoms with van der Waals surface area (Å²) in [6, 6.07) is 131. The molecule has 0 atom stereocenters. The third-order valence-electron chi connectivity index (χ3n) is 23.4. The summed E-state index contributed by atoms with van der Waals surface area (Å²) in [5.74, 6) is 0. The normalized spacial score (nSPS) is 12.3. The molecule has 4 aromatic heterocycles. The molecule has 0 aliphatic carbocycles. The number of rotatable bonds is 7. The van der Waals surface area contributed by atoms with Crippen LogP contribution in [0.15, 0.2) is 361 Å². The number of hydrogen-bond acceptors (Lipinski definition) is 4. The van der Waals surface area contributed by atoms with Gasteiger partial charge in [0.25, 0.3) is 0 Å². The first-order valence-electron chi connectivity index (χ1n) is 37.1. The number of hydrogen-bond donors (Lipinski definition) is 0. The van der Waals surface area contributed by atoms with Gasteiger partial charge in [-0.05, 0) is 196 Å². The molecule has 24 aromatic rings. The molecule has 4 heteroatoms. The minimum Gasteiger partial charge on any atom is -0.455 e. The second kappa shape index (κ2) is 23.0. The highest BCUT2D eigenvalue weighted by Crippen LogP contribution is 2.55. The average Bonchev–Trinajstić information content (AvgIpc) is 1.36. The van der Waals surface area contributed by atoms with Crippen molar-refractivity contribution in [2.45, 2.75) is 0 Å². The Bertz CT molecular complexity index is 7930. The molecule has 4 heterocycles. The van der Waals surface area contributed by atoms with Crippen LogP contribution in [0.4, 0.5) is 0 Å². The molecule has 0 unspecified atom stereocenters. The molecule has 24 rings (SSSR count). The van der Waals surface area contributed by atoms with E-state index in [2.05, 4.69) is 352 Å². The zero-order valence-electron chi connectivity index (χ0n) is 58.1. The highest BCUT2D eigenvalue weighted by molar-refractivity contribution is 7.26.